The molecule has 1 amide bonds. The Hall–Kier alpha value is -2.65. The fraction of sp³-hybridized carbons (Fsp3) is 0.111. The number of sulfonamides is 1. The molecular weight excluding hydrogens is 434 g/mol. The van der Waals surface area contributed by atoms with Crippen LogP contribution in [0.2, 0.25) is 0 Å². The fourth-order valence-corrected chi connectivity index (χ4v) is 3.76. The maximum absolute atomic E-state index is 12.5. The van der Waals surface area contributed by atoms with Gasteiger partial charge in [0.25, 0.3) is 15.9 Å². The van der Waals surface area contributed by atoms with Crippen molar-refractivity contribution < 1.29 is 17.7 Å². The van der Waals surface area contributed by atoms with Crippen LogP contribution in [0.15, 0.2) is 62.4 Å². The van der Waals surface area contributed by atoms with Gasteiger partial charge in [0.1, 0.15) is 0 Å². The Kier molecular flexibility index (Phi) is 5.33. The molecule has 0 spiro atoms. The second-order valence-corrected chi connectivity index (χ2v) is 8.32. The van der Waals surface area contributed by atoms with Gasteiger partial charge < -0.3 is 9.84 Å². The van der Waals surface area contributed by atoms with Gasteiger partial charge in [-0.15, -0.1) is 0 Å². The van der Waals surface area contributed by atoms with Crippen molar-refractivity contribution in [2.75, 3.05) is 10.0 Å². The minimum Gasteiger partial charge on any atom is -0.337 e. The van der Waals surface area contributed by atoms with Gasteiger partial charge in [-0.05, 0) is 66.2 Å². The van der Waals surface area contributed by atoms with Crippen LogP contribution in [-0.2, 0) is 10.0 Å². The first kappa shape index (κ1) is 19.1. The summed E-state index contributed by atoms with van der Waals surface area (Å²) >= 11 is 3.32. The highest BCUT2D eigenvalue weighted by molar-refractivity contribution is 9.10. The van der Waals surface area contributed by atoms with Crippen LogP contribution in [0.4, 0.5) is 11.6 Å². The molecule has 1 aromatic heterocycles. The Balaban J connectivity index is 1.76. The van der Waals surface area contributed by atoms with Crippen LogP contribution in [0.25, 0.3) is 0 Å². The summed E-state index contributed by atoms with van der Waals surface area (Å²) in [5.41, 5.74) is 2.18. The molecule has 0 aliphatic carbocycles. The molecule has 9 heteroatoms. The van der Waals surface area contributed by atoms with Crippen LogP contribution in [0.1, 0.15) is 21.6 Å². The van der Waals surface area contributed by atoms with E-state index in [2.05, 4.69) is 31.1 Å². The van der Waals surface area contributed by atoms with Crippen molar-refractivity contribution in [3.05, 3.63) is 69.8 Å². The second-order valence-electron chi connectivity index (χ2n) is 5.79. The number of hydrogen-bond donors (Lipinski definition) is 2. The number of benzene rings is 2. The van der Waals surface area contributed by atoms with Gasteiger partial charge in [-0.3, -0.25) is 4.79 Å². The lowest BCUT2D eigenvalue weighted by Gasteiger charge is -2.09. The lowest BCUT2D eigenvalue weighted by molar-refractivity contribution is 0.102. The number of nitrogens with zero attached hydrogens (tertiary/aromatic N) is 1. The van der Waals surface area contributed by atoms with Gasteiger partial charge in [0.05, 0.1) is 16.2 Å². The number of aryl methyl sites for hydroxylation is 1. The number of aromatic nitrogens is 1. The molecule has 3 aromatic rings. The van der Waals surface area contributed by atoms with E-state index in [9.17, 15) is 13.2 Å². The second kappa shape index (κ2) is 7.53. The molecule has 27 heavy (non-hydrogen) atoms. The topological polar surface area (TPSA) is 101 Å². The molecule has 0 aliphatic rings. The van der Waals surface area contributed by atoms with Crippen molar-refractivity contribution in [2.24, 2.45) is 0 Å². The van der Waals surface area contributed by atoms with Crippen LogP contribution in [0.5, 0.6) is 0 Å². The summed E-state index contributed by atoms with van der Waals surface area (Å²) in [7, 11) is -3.83. The van der Waals surface area contributed by atoms with Gasteiger partial charge in [0, 0.05) is 15.7 Å². The minimum absolute atomic E-state index is 0.0369. The SMILES string of the molecule is Cc1noc(NS(=O)(=O)c2ccc(NC(=O)c3ccccc3Br)cc2)c1C. The predicted molar refractivity (Wildman–Crippen MR) is 105 cm³/mol. The van der Waals surface area contributed by atoms with E-state index in [1.807, 2.05) is 6.07 Å². The van der Waals surface area contributed by atoms with Gasteiger partial charge >= 0.3 is 0 Å². The molecule has 3 rings (SSSR count). The van der Waals surface area contributed by atoms with Gasteiger partial charge in [0.2, 0.25) is 5.88 Å². The van der Waals surface area contributed by atoms with E-state index in [1.54, 1.807) is 32.0 Å². The van der Waals surface area contributed by atoms with Crippen molar-refractivity contribution >= 4 is 43.4 Å². The van der Waals surface area contributed by atoms with Crippen LogP contribution in [0, 0.1) is 13.8 Å². The molecular formula is C18H16BrN3O4S. The van der Waals surface area contributed by atoms with E-state index >= 15 is 0 Å². The van der Waals surface area contributed by atoms with Gasteiger partial charge in [-0.25, -0.2) is 13.1 Å². The summed E-state index contributed by atoms with van der Waals surface area (Å²) in [4.78, 5) is 12.3. The number of nitrogens with one attached hydrogen (secondary N) is 2. The van der Waals surface area contributed by atoms with E-state index in [1.165, 1.54) is 24.3 Å². The highest BCUT2D eigenvalue weighted by Gasteiger charge is 2.19. The number of halogens is 1. The zero-order chi connectivity index (χ0) is 19.6. The molecule has 0 aliphatic heterocycles. The molecule has 0 radical (unpaired) electrons. The zero-order valence-corrected chi connectivity index (χ0v) is 16.9. The summed E-state index contributed by atoms with van der Waals surface area (Å²) in [5, 5.41) is 6.45. The lowest BCUT2D eigenvalue weighted by Crippen LogP contribution is -2.14. The number of amides is 1. The minimum atomic E-state index is -3.83. The first-order chi connectivity index (χ1) is 12.8. The smallest absolute Gasteiger partial charge is 0.264 e. The molecule has 140 valence electrons. The van der Waals surface area contributed by atoms with E-state index in [0.29, 0.717) is 27.0 Å². The lowest BCUT2D eigenvalue weighted by atomic mass is 10.2. The number of anilines is 2. The summed E-state index contributed by atoms with van der Waals surface area (Å²) in [6.07, 6.45) is 0. The standard InChI is InChI=1S/C18H16BrN3O4S/c1-11-12(2)21-26-18(11)22-27(24,25)14-9-7-13(8-10-14)20-17(23)15-5-3-4-6-16(15)19/h3-10,22H,1-2H3,(H,20,23). The summed E-state index contributed by atoms with van der Waals surface area (Å²) in [5.74, 6) is -0.220. The monoisotopic (exact) mass is 449 g/mol. The number of carbonyl (C=O) groups excluding carboxylic acids is 1. The summed E-state index contributed by atoms with van der Waals surface area (Å²) in [6, 6.07) is 12.9. The Morgan fingerprint density at radius 3 is 2.33 bits per heavy atom. The molecule has 0 saturated heterocycles. The summed E-state index contributed by atoms with van der Waals surface area (Å²) < 4.78 is 33.0. The molecule has 0 fully saturated rings. The molecule has 0 bridgehead atoms. The third kappa shape index (κ3) is 4.20. The Bertz CT molecular complexity index is 1090. The van der Waals surface area contributed by atoms with Crippen LogP contribution in [-0.4, -0.2) is 19.5 Å². The molecule has 2 N–H and O–H groups in total. The van der Waals surface area contributed by atoms with E-state index in [0.717, 1.165) is 0 Å². The van der Waals surface area contributed by atoms with Gasteiger partial charge in [-0.1, -0.05) is 17.3 Å². The fourth-order valence-electron chi connectivity index (χ4n) is 2.25. The Morgan fingerprint density at radius 1 is 1.07 bits per heavy atom. The van der Waals surface area contributed by atoms with Crippen LogP contribution in [0.3, 0.4) is 0 Å². The maximum atomic E-state index is 12.5. The predicted octanol–water partition coefficient (Wildman–Crippen LogP) is 4.11. The van der Waals surface area contributed by atoms with Gasteiger partial charge in [0.15, 0.2) is 0 Å². The molecule has 2 aromatic carbocycles. The molecule has 0 saturated carbocycles. The maximum Gasteiger partial charge on any atom is 0.264 e. The Labute approximate surface area is 164 Å². The average Bonchev–Trinajstić information content (AvgIpc) is 2.94. The molecule has 1 heterocycles. The quantitative estimate of drug-likeness (QED) is 0.610. The number of carbonyl (C=O) groups is 1. The van der Waals surface area contributed by atoms with Crippen molar-refractivity contribution in [2.45, 2.75) is 18.7 Å². The van der Waals surface area contributed by atoms with Crippen molar-refractivity contribution in [1.29, 1.82) is 0 Å². The summed E-state index contributed by atoms with van der Waals surface area (Å²) in [6.45, 7) is 3.43. The highest BCUT2D eigenvalue weighted by Crippen LogP contribution is 2.23. The number of rotatable bonds is 5. The first-order valence-electron chi connectivity index (χ1n) is 7.89. The van der Waals surface area contributed by atoms with Crippen molar-refractivity contribution in [1.82, 2.24) is 5.16 Å². The van der Waals surface area contributed by atoms with Crippen LogP contribution < -0.4 is 10.0 Å². The first-order valence-corrected chi connectivity index (χ1v) is 10.2. The highest BCUT2D eigenvalue weighted by atomic mass is 79.9. The van der Waals surface area contributed by atoms with E-state index < -0.39 is 10.0 Å². The Morgan fingerprint density at radius 2 is 1.74 bits per heavy atom. The largest absolute Gasteiger partial charge is 0.337 e. The van der Waals surface area contributed by atoms with Crippen molar-refractivity contribution in [3.8, 4) is 0 Å². The zero-order valence-electron chi connectivity index (χ0n) is 14.5. The van der Waals surface area contributed by atoms with Crippen LogP contribution >= 0.6 is 15.9 Å². The van der Waals surface area contributed by atoms with E-state index in [-0.39, 0.29) is 16.7 Å². The third-order valence-corrected chi connectivity index (χ3v) is 5.96. The molecule has 0 atom stereocenters. The van der Waals surface area contributed by atoms with E-state index in [4.69, 9.17) is 4.52 Å². The number of hydrogen-bond acceptors (Lipinski definition) is 5. The van der Waals surface area contributed by atoms with Gasteiger partial charge in [-0.2, -0.15) is 0 Å². The normalized spacial score (nSPS) is 11.2. The third-order valence-electron chi connectivity index (χ3n) is 3.93. The molecule has 7 nitrogen and oxygen atoms in total. The molecule has 0 unspecified atom stereocenters. The average molecular weight is 450 g/mol. The van der Waals surface area contributed by atoms with Crippen molar-refractivity contribution in [3.63, 3.8) is 0 Å².